The zero-order valence-electron chi connectivity index (χ0n) is 18.9. The number of nitrogens with one attached hydrogen (secondary N) is 2. The van der Waals surface area contributed by atoms with Crippen molar-refractivity contribution >= 4 is 23.3 Å². The van der Waals surface area contributed by atoms with E-state index in [0.717, 1.165) is 42.6 Å². The van der Waals surface area contributed by atoms with E-state index in [9.17, 15) is 9.59 Å². The molecule has 2 N–H and O–H groups in total. The maximum atomic E-state index is 12.9. The van der Waals surface area contributed by atoms with E-state index < -0.39 is 0 Å². The number of benzene rings is 1. The molecule has 32 heavy (non-hydrogen) atoms. The van der Waals surface area contributed by atoms with Gasteiger partial charge in [0.25, 0.3) is 5.91 Å². The van der Waals surface area contributed by atoms with Crippen LogP contribution >= 0.6 is 0 Å². The second-order valence-electron chi connectivity index (χ2n) is 8.51. The lowest BCUT2D eigenvalue weighted by Crippen LogP contribution is -2.25. The van der Waals surface area contributed by atoms with Crippen LogP contribution in [0.2, 0.25) is 0 Å². The van der Waals surface area contributed by atoms with Gasteiger partial charge in [-0.05, 0) is 32.3 Å². The van der Waals surface area contributed by atoms with Crippen LogP contribution in [0.15, 0.2) is 36.4 Å². The number of hydrogen-bond donors (Lipinski definition) is 2. The Kier molecular flexibility index (Phi) is 6.39. The molecule has 1 aliphatic carbocycles. The minimum atomic E-state index is -0.329. The molecule has 2 aromatic heterocycles. The number of rotatable bonds is 6. The Bertz CT molecular complexity index is 1110. The van der Waals surface area contributed by atoms with Crippen molar-refractivity contribution in [1.29, 1.82) is 0 Å². The monoisotopic (exact) mass is 434 g/mol. The standard InChI is InChI=1S/C24H30N6O2/c1-16-22(17(2)30(27-16)15-18-10-6-4-7-11-18)26-24(32)20-14-21(29(3)28-20)25-23(31)19-12-8-5-9-13-19/h4,6-7,10-11,14,19H,5,8-9,12-13,15H2,1-3H3,(H,25,31)(H,26,32). The Morgan fingerprint density at radius 1 is 1.03 bits per heavy atom. The third-order valence-corrected chi connectivity index (χ3v) is 6.13. The van der Waals surface area contributed by atoms with Gasteiger partial charge in [-0.15, -0.1) is 0 Å². The van der Waals surface area contributed by atoms with Gasteiger partial charge in [0, 0.05) is 19.0 Å². The molecule has 0 saturated heterocycles. The number of nitrogens with zero attached hydrogens (tertiary/aromatic N) is 4. The molecule has 1 aliphatic rings. The van der Waals surface area contributed by atoms with Gasteiger partial charge in [0.1, 0.15) is 5.82 Å². The Labute approximate surface area is 188 Å². The fourth-order valence-electron chi connectivity index (χ4n) is 4.25. The molecule has 1 fully saturated rings. The van der Waals surface area contributed by atoms with Crippen molar-refractivity contribution in [3.63, 3.8) is 0 Å². The average molecular weight is 435 g/mol. The van der Waals surface area contributed by atoms with Gasteiger partial charge in [-0.1, -0.05) is 49.6 Å². The lowest BCUT2D eigenvalue weighted by molar-refractivity contribution is -0.120. The summed E-state index contributed by atoms with van der Waals surface area (Å²) in [7, 11) is 1.72. The summed E-state index contributed by atoms with van der Waals surface area (Å²) >= 11 is 0. The summed E-state index contributed by atoms with van der Waals surface area (Å²) in [6.45, 7) is 4.44. The molecule has 1 aromatic carbocycles. The van der Waals surface area contributed by atoms with Gasteiger partial charge >= 0.3 is 0 Å². The fraction of sp³-hybridized carbons (Fsp3) is 0.417. The fourth-order valence-corrected chi connectivity index (χ4v) is 4.25. The van der Waals surface area contributed by atoms with Gasteiger partial charge in [-0.25, -0.2) is 0 Å². The van der Waals surface area contributed by atoms with Gasteiger partial charge in [-0.3, -0.25) is 19.0 Å². The van der Waals surface area contributed by atoms with Crippen molar-refractivity contribution in [2.45, 2.75) is 52.5 Å². The molecule has 0 unspecified atom stereocenters. The summed E-state index contributed by atoms with van der Waals surface area (Å²) in [5.41, 5.74) is 3.69. The number of aryl methyl sites for hydroxylation is 2. The van der Waals surface area contributed by atoms with Crippen molar-refractivity contribution in [3.8, 4) is 0 Å². The summed E-state index contributed by atoms with van der Waals surface area (Å²) < 4.78 is 3.42. The van der Waals surface area contributed by atoms with E-state index in [0.29, 0.717) is 18.1 Å². The van der Waals surface area contributed by atoms with Crippen LogP contribution in [-0.2, 0) is 18.4 Å². The molecule has 3 aromatic rings. The van der Waals surface area contributed by atoms with Crippen molar-refractivity contribution in [2.75, 3.05) is 10.6 Å². The molecule has 0 spiro atoms. The van der Waals surface area contributed by atoms with E-state index in [1.54, 1.807) is 13.1 Å². The van der Waals surface area contributed by atoms with E-state index in [2.05, 4.69) is 20.8 Å². The molecular formula is C24H30N6O2. The largest absolute Gasteiger partial charge is 0.317 e. The van der Waals surface area contributed by atoms with Gasteiger partial charge in [-0.2, -0.15) is 10.2 Å². The lowest BCUT2D eigenvalue weighted by atomic mass is 9.89. The molecule has 0 bridgehead atoms. The first kappa shape index (κ1) is 21.8. The van der Waals surface area contributed by atoms with E-state index in [1.165, 1.54) is 11.1 Å². The first-order chi connectivity index (χ1) is 15.4. The molecule has 2 heterocycles. The first-order valence-electron chi connectivity index (χ1n) is 11.2. The lowest BCUT2D eigenvalue weighted by Gasteiger charge is -2.20. The van der Waals surface area contributed by atoms with Crippen molar-refractivity contribution in [1.82, 2.24) is 19.6 Å². The smallest absolute Gasteiger partial charge is 0.276 e. The van der Waals surface area contributed by atoms with Crippen LogP contribution < -0.4 is 10.6 Å². The molecule has 168 valence electrons. The second kappa shape index (κ2) is 9.38. The number of amides is 2. The van der Waals surface area contributed by atoms with Crippen LogP contribution in [0.25, 0.3) is 0 Å². The van der Waals surface area contributed by atoms with E-state index in [1.807, 2.05) is 48.9 Å². The number of carbonyl (C=O) groups is 2. The van der Waals surface area contributed by atoms with E-state index >= 15 is 0 Å². The van der Waals surface area contributed by atoms with Crippen molar-refractivity contribution in [3.05, 3.63) is 59.0 Å². The molecule has 4 rings (SSSR count). The van der Waals surface area contributed by atoms with E-state index in [4.69, 9.17) is 0 Å². The van der Waals surface area contributed by atoms with Crippen LogP contribution in [0.3, 0.4) is 0 Å². The van der Waals surface area contributed by atoms with Crippen LogP contribution in [0.5, 0.6) is 0 Å². The summed E-state index contributed by atoms with van der Waals surface area (Å²) in [5, 5.41) is 14.8. The summed E-state index contributed by atoms with van der Waals surface area (Å²) in [6.07, 6.45) is 5.22. The molecule has 0 radical (unpaired) electrons. The highest BCUT2D eigenvalue weighted by Gasteiger charge is 2.23. The highest BCUT2D eigenvalue weighted by Crippen LogP contribution is 2.25. The van der Waals surface area contributed by atoms with Gasteiger partial charge in [0.15, 0.2) is 5.69 Å². The predicted octanol–water partition coefficient (Wildman–Crippen LogP) is 4.05. The van der Waals surface area contributed by atoms with Crippen LogP contribution in [-0.4, -0.2) is 31.4 Å². The number of hydrogen-bond acceptors (Lipinski definition) is 4. The molecule has 0 aliphatic heterocycles. The molecule has 2 amide bonds. The Balaban J connectivity index is 1.45. The Hall–Kier alpha value is -3.42. The Morgan fingerprint density at radius 2 is 1.75 bits per heavy atom. The van der Waals surface area contributed by atoms with E-state index in [-0.39, 0.29) is 23.4 Å². The first-order valence-corrected chi connectivity index (χ1v) is 11.2. The average Bonchev–Trinajstić information content (AvgIpc) is 3.29. The maximum absolute atomic E-state index is 12.9. The third kappa shape index (κ3) is 4.74. The zero-order chi connectivity index (χ0) is 22.7. The van der Waals surface area contributed by atoms with Crippen LogP contribution in [0.4, 0.5) is 11.5 Å². The zero-order valence-corrected chi connectivity index (χ0v) is 18.9. The van der Waals surface area contributed by atoms with Gasteiger partial charge < -0.3 is 10.6 Å². The summed E-state index contributed by atoms with van der Waals surface area (Å²) in [4.78, 5) is 25.5. The molecule has 8 nitrogen and oxygen atoms in total. The number of carbonyl (C=O) groups excluding carboxylic acids is 2. The molecule has 1 saturated carbocycles. The molecular weight excluding hydrogens is 404 g/mol. The quantitative estimate of drug-likeness (QED) is 0.612. The topological polar surface area (TPSA) is 93.8 Å². The summed E-state index contributed by atoms with van der Waals surface area (Å²) in [6, 6.07) is 11.7. The highest BCUT2D eigenvalue weighted by molar-refractivity contribution is 6.04. The number of anilines is 2. The molecule has 0 atom stereocenters. The Morgan fingerprint density at radius 3 is 2.47 bits per heavy atom. The van der Waals surface area contributed by atoms with Gasteiger partial charge in [0.05, 0.1) is 23.6 Å². The van der Waals surface area contributed by atoms with Crippen molar-refractivity contribution in [2.24, 2.45) is 13.0 Å². The summed E-state index contributed by atoms with van der Waals surface area (Å²) in [5.74, 6) is 0.244. The second-order valence-corrected chi connectivity index (χ2v) is 8.51. The van der Waals surface area contributed by atoms with Gasteiger partial charge in [0.2, 0.25) is 5.91 Å². The number of aromatic nitrogens is 4. The normalized spacial score (nSPS) is 14.3. The SMILES string of the molecule is Cc1nn(Cc2ccccc2)c(C)c1NC(=O)c1cc(NC(=O)C2CCCCC2)n(C)n1. The maximum Gasteiger partial charge on any atom is 0.276 e. The minimum Gasteiger partial charge on any atom is -0.317 e. The predicted molar refractivity (Wildman–Crippen MR) is 124 cm³/mol. The molecule has 8 heteroatoms. The highest BCUT2D eigenvalue weighted by atomic mass is 16.2. The third-order valence-electron chi connectivity index (χ3n) is 6.13. The van der Waals surface area contributed by atoms with Crippen molar-refractivity contribution < 1.29 is 9.59 Å². The van der Waals surface area contributed by atoms with Crippen LogP contribution in [0.1, 0.15) is 59.5 Å². The van der Waals surface area contributed by atoms with Crippen LogP contribution in [0, 0.1) is 19.8 Å². The minimum absolute atomic E-state index is 0.00790.